The lowest BCUT2D eigenvalue weighted by Crippen LogP contribution is -2.45. The Labute approximate surface area is 92.4 Å². The van der Waals surface area contributed by atoms with Crippen LogP contribution in [0.3, 0.4) is 0 Å². The number of hydrogen-bond donors (Lipinski definition) is 1. The lowest BCUT2D eigenvalue weighted by molar-refractivity contribution is -0.160. The molecular weight excluding hydrogens is 190 g/mol. The van der Waals surface area contributed by atoms with Crippen molar-refractivity contribution in [1.29, 1.82) is 0 Å². The molecule has 1 rings (SSSR count). The molecule has 0 aromatic carbocycles. The van der Waals surface area contributed by atoms with Crippen LogP contribution >= 0.6 is 0 Å². The summed E-state index contributed by atoms with van der Waals surface area (Å²) in [5.74, 6) is -0.0623. The molecule has 0 heterocycles. The molecule has 0 aliphatic heterocycles. The Morgan fingerprint density at radius 3 is 2.53 bits per heavy atom. The molecule has 1 fully saturated rings. The summed E-state index contributed by atoms with van der Waals surface area (Å²) in [5, 5.41) is 0. The minimum atomic E-state index is -0.315. The number of carbonyl (C=O) groups is 1. The second kappa shape index (κ2) is 6.11. The van der Waals surface area contributed by atoms with Crippen LogP contribution in [0, 0.1) is 5.41 Å². The van der Waals surface area contributed by atoms with Gasteiger partial charge in [0.15, 0.2) is 0 Å². The molecule has 0 bridgehead atoms. The van der Waals surface area contributed by atoms with Gasteiger partial charge in [-0.2, -0.15) is 0 Å². The predicted molar refractivity (Wildman–Crippen MR) is 60.4 cm³/mol. The van der Waals surface area contributed by atoms with Crippen LogP contribution in [0.5, 0.6) is 0 Å². The third-order valence-corrected chi connectivity index (χ3v) is 3.37. The summed E-state index contributed by atoms with van der Waals surface area (Å²) in [6, 6.07) is 0. The van der Waals surface area contributed by atoms with Crippen molar-refractivity contribution < 1.29 is 9.53 Å². The van der Waals surface area contributed by atoms with E-state index in [0.29, 0.717) is 13.2 Å². The maximum atomic E-state index is 11.7. The molecular formula is C12H23NO2. The highest BCUT2D eigenvalue weighted by Gasteiger charge is 2.44. The number of carbonyl (C=O) groups excluding carboxylic acids is 1. The van der Waals surface area contributed by atoms with Gasteiger partial charge < -0.3 is 10.5 Å². The highest BCUT2D eigenvalue weighted by atomic mass is 16.5. The molecule has 3 nitrogen and oxygen atoms in total. The third kappa shape index (κ3) is 3.20. The van der Waals surface area contributed by atoms with Crippen LogP contribution in [0.4, 0.5) is 0 Å². The Kier molecular flexibility index (Phi) is 5.09. The smallest absolute Gasteiger partial charge is 0.313 e. The molecule has 0 amide bonds. The van der Waals surface area contributed by atoms with E-state index in [1.807, 2.05) is 0 Å². The van der Waals surface area contributed by atoms with E-state index in [9.17, 15) is 4.79 Å². The monoisotopic (exact) mass is 213 g/mol. The molecule has 15 heavy (non-hydrogen) atoms. The number of nitrogens with two attached hydrogens (primary N) is 1. The molecule has 0 unspecified atom stereocenters. The molecule has 0 aromatic rings. The van der Waals surface area contributed by atoms with Crippen molar-refractivity contribution in [2.75, 3.05) is 13.2 Å². The van der Waals surface area contributed by atoms with E-state index >= 15 is 0 Å². The highest BCUT2D eigenvalue weighted by molar-refractivity contribution is 5.78. The summed E-state index contributed by atoms with van der Waals surface area (Å²) in [5.41, 5.74) is 5.31. The van der Waals surface area contributed by atoms with Crippen LogP contribution in [-0.2, 0) is 9.53 Å². The lowest BCUT2D eigenvalue weighted by atomic mass is 9.69. The Balaban J connectivity index is 2.12. The highest BCUT2D eigenvalue weighted by Crippen LogP contribution is 2.40. The Bertz CT molecular complexity index is 194. The number of ether oxygens (including phenoxy) is 1. The van der Waals surface area contributed by atoms with E-state index in [1.54, 1.807) is 0 Å². The zero-order chi connectivity index (χ0) is 11.1. The first-order valence-corrected chi connectivity index (χ1v) is 6.12. The molecule has 2 N–H and O–H groups in total. The Morgan fingerprint density at radius 2 is 2.07 bits per heavy atom. The van der Waals surface area contributed by atoms with Gasteiger partial charge in [0.05, 0.1) is 12.0 Å². The van der Waals surface area contributed by atoms with Crippen molar-refractivity contribution in [2.45, 2.75) is 51.9 Å². The molecule has 0 spiro atoms. The van der Waals surface area contributed by atoms with Gasteiger partial charge in [0.25, 0.3) is 0 Å². The minimum Gasteiger partial charge on any atom is -0.465 e. The summed E-state index contributed by atoms with van der Waals surface area (Å²) < 4.78 is 5.27. The maximum absolute atomic E-state index is 11.7. The van der Waals surface area contributed by atoms with E-state index in [4.69, 9.17) is 10.5 Å². The van der Waals surface area contributed by atoms with Gasteiger partial charge in [-0.05, 0) is 19.3 Å². The summed E-state index contributed by atoms with van der Waals surface area (Å²) in [6.45, 7) is 3.19. The lowest BCUT2D eigenvalue weighted by Gasteiger charge is -2.37. The quantitative estimate of drug-likeness (QED) is 0.521. The van der Waals surface area contributed by atoms with Crippen molar-refractivity contribution >= 4 is 5.97 Å². The van der Waals surface area contributed by atoms with Gasteiger partial charge >= 0.3 is 5.97 Å². The molecule has 0 aromatic heterocycles. The van der Waals surface area contributed by atoms with E-state index in [2.05, 4.69) is 6.92 Å². The van der Waals surface area contributed by atoms with Crippen LogP contribution in [0.2, 0.25) is 0 Å². The Morgan fingerprint density at radius 1 is 1.33 bits per heavy atom. The standard InChI is InChI=1S/C12H23NO2/c1-2-3-4-5-9-15-11(14)12(10-13)7-6-8-12/h2-10,13H2,1H3. The normalized spacial score (nSPS) is 18.3. The van der Waals surface area contributed by atoms with Gasteiger partial charge in [0.1, 0.15) is 0 Å². The number of hydrogen-bond acceptors (Lipinski definition) is 3. The van der Waals surface area contributed by atoms with Gasteiger partial charge in [-0.15, -0.1) is 0 Å². The average molecular weight is 213 g/mol. The average Bonchev–Trinajstić information content (AvgIpc) is 2.17. The van der Waals surface area contributed by atoms with Crippen molar-refractivity contribution in [1.82, 2.24) is 0 Å². The maximum Gasteiger partial charge on any atom is 0.313 e. The predicted octanol–water partition coefficient (Wildman–Crippen LogP) is 2.24. The number of rotatable bonds is 7. The van der Waals surface area contributed by atoms with E-state index in [0.717, 1.165) is 32.1 Å². The minimum absolute atomic E-state index is 0.0623. The number of esters is 1. The second-order valence-corrected chi connectivity index (χ2v) is 4.53. The first kappa shape index (κ1) is 12.5. The summed E-state index contributed by atoms with van der Waals surface area (Å²) >= 11 is 0. The van der Waals surface area contributed by atoms with Crippen LogP contribution in [0.15, 0.2) is 0 Å². The van der Waals surface area contributed by atoms with Crippen molar-refractivity contribution in [2.24, 2.45) is 11.1 Å². The summed E-state index contributed by atoms with van der Waals surface area (Å²) in [6.07, 6.45) is 7.51. The fourth-order valence-corrected chi connectivity index (χ4v) is 1.94. The third-order valence-electron chi connectivity index (χ3n) is 3.37. The van der Waals surface area contributed by atoms with E-state index < -0.39 is 0 Å². The first-order valence-electron chi connectivity index (χ1n) is 6.12. The molecule has 0 radical (unpaired) electrons. The summed E-state index contributed by atoms with van der Waals surface area (Å²) in [4.78, 5) is 11.7. The fraction of sp³-hybridized carbons (Fsp3) is 0.917. The topological polar surface area (TPSA) is 52.3 Å². The van der Waals surface area contributed by atoms with Crippen molar-refractivity contribution in [3.63, 3.8) is 0 Å². The molecule has 0 saturated heterocycles. The first-order chi connectivity index (χ1) is 7.25. The molecule has 88 valence electrons. The van der Waals surface area contributed by atoms with Crippen LogP contribution in [0.1, 0.15) is 51.9 Å². The largest absolute Gasteiger partial charge is 0.465 e. The van der Waals surface area contributed by atoms with E-state index in [1.165, 1.54) is 12.8 Å². The van der Waals surface area contributed by atoms with Crippen LogP contribution in [0.25, 0.3) is 0 Å². The van der Waals surface area contributed by atoms with Gasteiger partial charge in [0.2, 0.25) is 0 Å². The van der Waals surface area contributed by atoms with Gasteiger partial charge in [-0.1, -0.05) is 32.6 Å². The summed E-state index contributed by atoms with van der Waals surface area (Å²) in [7, 11) is 0. The molecule has 1 aliphatic carbocycles. The van der Waals surface area contributed by atoms with Gasteiger partial charge in [-0.25, -0.2) is 0 Å². The van der Waals surface area contributed by atoms with Gasteiger partial charge in [-0.3, -0.25) is 4.79 Å². The molecule has 3 heteroatoms. The van der Waals surface area contributed by atoms with Crippen LogP contribution < -0.4 is 5.73 Å². The molecule has 1 aliphatic rings. The van der Waals surface area contributed by atoms with Crippen LogP contribution in [-0.4, -0.2) is 19.1 Å². The molecule has 0 atom stereocenters. The van der Waals surface area contributed by atoms with Crippen molar-refractivity contribution in [3.8, 4) is 0 Å². The fourth-order valence-electron chi connectivity index (χ4n) is 1.94. The zero-order valence-corrected chi connectivity index (χ0v) is 9.76. The SMILES string of the molecule is CCCCCCOC(=O)C1(CN)CCC1. The zero-order valence-electron chi connectivity index (χ0n) is 9.76. The van der Waals surface area contributed by atoms with Crippen molar-refractivity contribution in [3.05, 3.63) is 0 Å². The Hall–Kier alpha value is -0.570. The number of unbranched alkanes of at least 4 members (excludes halogenated alkanes) is 3. The second-order valence-electron chi connectivity index (χ2n) is 4.53. The van der Waals surface area contributed by atoms with Gasteiger partial charge in [0, 0.05) is 6.54 Å². The molecule has 1 saturated carbocycles. The van der Waals surface area contributed by atoms with E-state index in [-0.39, 0.29) is 11.4 Å².